The number of hydrogen-bond acceptors (Lipinski definition) is 4. The predicted octanol–water partition coefficient (Wildman–Crippen LogP) is 3.95. The Hall–Kier alpha value is -2.05. The highest BCUT2D eigenvalue weighted by Gasteiger charge is 2.26. The Labute approximate surface area is 159 Å². The molecule has 1 amide bonds. The highest BCUT2D eigenvalue weighted by Crippen LogP contribution is 2.23. The first-order valence-electron chi connectivity index (χ1n) is 8.15. The monoisotopic (exact) mass is 395 g/mol. The lowest BCUT2D eigenvalue weighted by molar-refractivity contribution is -0.125. The van der Waals surface area contributed by atoms with Gasteiger partial charge in [-0.15, -0.1) is 0 Å². The van der Waals surface area contributed by atoms with Crippen molar-refractivity contribution in [1.82, 2.24) is 0 Å². The molecule has 0 saturated carbocycles. The van der Waals surface area contributed by atoms with Crippen LogP contribution < -0.4 is 9.64 Å². The van der Waals surface area contributed by atoms with Crippen LogP contribution in [0, 0.1) is 0 Å². The molecule has 2 aromatic rings. The molecule has 1 unspecified atom stereocenters. The van der Waals surface area contributed by atoms with Crippen molar-refractivity contribution < 1.29 is 17.9 Å². The zero-order valence-corrected chi connectivity index (χ0v) is 16.7. The average molecular weight is 396 g/mol. The minimum atomic E-state index is -3.29. The van der Waals surface area contributed by atoms with E-state index in [1.165, 1.54) is 12.1 Å². The molecule has 0 aliphatic rings. The topological polar surface area (TPSA) is 63.7 Å². The van der Waals surface area contributed by atoms with Gasteiger partial charge in [0.15, 0.2) is 15.9 Å². The van der Waals surface area contributed by atoms with Crippen LogP contribution >= 0.6 is 11.6 Å². The summed E-state index contributed by atoms with van der Waals surface area (Å²) >= 11 is 5.85. The molecule has 5 nitrogen and oxygen atoms in total. The molecule has 0 aliphatic heterocycles. The molecule has 7 heteroatoms. The number of ether oxygens (including phenoxy) is 1. The normalized spacial score (nSPS) is 12.7. The maximum atomic E-state index is 12.9. The molecule has 0 bridgehead atoms. The lowest BCUT2D eigenvalue weighted by atomic mass is 10.2. The molecule has 0 aliphatic carbocycles. The van der Waals surface area contributed by atoms with Crippen LogP contribution in [-0.2, 0) is 14.6 Å². The predicted molar refractivity (Wildman–Crippen MR) is 104 cm³/mol. The first-order valence-corrected chi connectivity index (χ1v) is 10.4. The fourth-order valence-corrected chi connectivity index (χ4v) is 3.25. The van der Waals surface area contributed by atoms with Gasteiger partial charge < -0.3 is 9.64 Å². The minimum Gasteiger partial charge on any atom is -0.481 e. The molecule has 0 aromatic heterocycles. The molecule has 0 saturated heterocycles. The van der Waals surface area contributed by atoms with Gasteiger partial charge in [-0.3, -0.25) is 4.79 Å². The quantitative estimate of drug-likeness (QED) is 0.742. The maximum Gasteiger partial charge on any atom is 0.267 e. The van der Waals surface area contributed by atoms with Crippen LogP contribution in [0.3, 0.4) is 0 Å². The molecule has 0 N–H and O–H groups in total. The summed E-state index contributed by atoms with van der Waals surface area (Å²) in [6.45, 7) is 5.45. The van der Waals surface area contributed by atoms with Crippen LogP contribution in [0.25, 0.3) is 0 Å². The van der Waals surface area contributed by atoms with Crippen molar-refractivity contribution in [2.45, 2.75) is 37.8 Å². The van der Waals surface area contributed by atoms with Gasteiger partial charge in [0.25, 0.3) is 5.91 Å². The molecule has 140 valence electrons. The van der Waals surface area contributed by atoms with E-state index in [-0.39, 0.29) is 16.8 Å². The van der Waals surface area contributed by atoms with Crippen LogP contribution in [0.5, 0.6) is 5.75 Å². The van der Waals surface area contributed by atoms with Crippen molar-refractivity contribution in [3.8, 4) is 5.75 Å². The zero-order chi connectivity index (χ0) is 19.5. The van der Waals surface area contributed by atoms with Gasteiger partial charge in [0.05, 0.1) is 4.90 Å². The van der Waals surface area contributed by atoms with E-state index in [0.717, 1.165) is 6.26 Å². The lowest BCUT2D eigenvalue weighted by Gasteiger charge is -2.29. The summed E-state index contributed by atoms with van der Waals surface area (Å²) in [5.41, 5.74) is 0.615. The van der Waals surface area contributed by atoms with Crippen LogP contribution in [0.2, 0.25) is 5.02 Å². The second kappa shape index (κ2) is 8.10. The SMILES string of the molecule is CC(Oc1ccc(Cl)cc1)C(=O)N(c1ccc(S(C)(=O)=O)cc1)C(C)C. The molecule has 26 heavy (non-hydrogen) atoms. The fraction of sp³-hybridized carbons (Fsp3) is 0.316. The van der Waals surface area contributed by atoms with E-state index >= 15 is 0 Å². The highest BCUT2D eigenvalue weighted by molar-refractivity contribution is 7.90. The van der Waals surface area contributed by atoms with Crippen LogP contribution in [0.15, 0.2) is 53.4 Å². The molecular formula is C19H22ClNO4S. The Morgan fingerprint density at radius 1 is 1.00 bits per heavy atom. The number of halogens is 1. The van der Waals surface area contributed by atoms with Crippen molar-refractivity contribution in [2.24, 2.45) is 0 Å². The molecule has 0 spiro atoms. The number of sulfone groups is 1. The van der Waals surface area contributed by atoms with Gasteiger partial charge in [-0.2, -0.15) is 0 Å². The van der Waals surface area contributed by atoms with Gasteiger partial charge in [0.2, 0.25) is 0 Å². The maximum absolute atomic E-state index is 12.9. The van der Waals surface area contributed by atoms with Crippen molar-refractivity contribution in [3.63, 3.8) is 0 Å². The Bertz CT molecular complexity index is 861. The molecule has 1 atom stereocenters. The molecule has 0 radical (unpaired) electrons. The molecule has 0 fully saturated rings. The average Bonchev–Trinajstić information content (AvgIpc) is 2.56. The van der Waals surface area contributed by atoms with Crippen LogP contribution in [0.1, 0.15) is 20.8 Å². The lowest BCUT2D eigenvalue weighted by Crippen LogP contribution is -2.44. The number of amides is 1. The summed E-state index contributed by atoms with van der Waals surface area (Å²) in [7, 11) is -3.29. The second-order valence-corrected chi connectivity index (χ2v) is 8.73. The summed E-state index contributed by atoms with van der Waals surface area (Å²) in [6.07, 6.45) is 0.434. The van der Waals surface area contributed by atoms with Gasteiger partial charge in [-0.25, -0.2) is 8.42 Å². The molecule has 2 aromatic carbocycles. The van der Waals surface area contributed by atoms with Crippen LogP contribution in [0.4, 0.5) is 5.69 Å². The molecule has 2 rings (SSSR count). The Kier molecular flexibility index (Phi) is 6.31. The van der Waals surface area contributed by atoms with Gasteiger partial charge >= 0.3 is 0 Å². The summed E-state index contributed by atoms with van der Waals surface area (Å²) in [5.74, 6) is 0.327. The summed E-state index contributed by atoms with van der Waals surface area (Å²) in [4.78, 5) is 14.7. The largest absolute Gasteiger partial charge is 0.481 e. The van der Waals surface area contributed by atoms with Crippen LogP contribution in [-0.4, -0.2) is 32.7 Å². The van der Waals surface area contributed by atoms with Crippen molar-refractivity contribution in [3.05, 3.63) is 53.6 Å². The Morgan fingerprint density at radius 3 is 2.00 bits per heavy atom. The first kappa shape index (κ1) is 20.3. The van der Waals surface area contributed by atoms with E-state index < -0.39 is 15.9 Å². The van der Waals surface area contributed by atoms with E-state index in [1.807, 2.05) is 13.8 Å². The van der Waals surface area contributed by atoms with E-state index in [1.54, 1.807) is 48.2 Å². The summed E-state index contributed by atoms with van der Waals surface area (Å²) in [6, 6.07) is 12.9. The zero-order valence-electron chi connectivity index (χ0n) is 15.1. The fourth-order valence-electron chi connectivity index (χ4n) is 2.50. The van der Waals surface area contributed by atoms with E-state index in [9.17, 15) is 13.2 Å². The minimum absolute atomic E-state index is 0.122. The summed E-state index contributed by atoms with van der Waals surface area (Å²) < 4.78 is 28.9. The Morgan fingerprint density at radius 2 is 1.54 bits per heavy atom. The standard InChI is InChI=1S/C19H22ClNO4S/c1-13(2)21(16-7-11-18(12-8-16)26(4,23)24)19(22)14(3)25-17-9-5-15(20)6-10-17/h5-14H,1-4H3. The van der Waals surface area contributed by atoms with Crippen molar-refractivity contribution >= 4 is 33.0 Å². The number of rotatable bonds is 6. The number of anilines is 1. The smallest absolute Gasteiger partial charge is 0.267 e. The molecule has 0 heterocycles. The third-order valence-electron chi connectivity index (χ3n) is 3.77. The van der Waals surface area contributed by atoms with E-state index in [0.29, 0.717) is 16.5 Å². The van der Waals surface area contributed by atoms with Gasteiger partial charge in [0.1, 0.15) is 5.75 Å². The van der Waals surface area contributed by atoms with E-state index in [4.69, 9.17) is 16.3 Å². The van der Waals surface area contributed by atoms with Crippen molar-refractivity contribution in [1.29, 1.82) is 0 Å². The Balaban J connectivity index is 2.22. The van der Waals surface area contributed by atoms with E-state index in [2.05, 4.69) is 0 Å². The summed E-state index contributed by atoms with van der Waals surface area (Å²) in [5, 5.41) is 0.589. The third-order valence-corrected chi connectivity index (χ3v) is 5.15. The number of benzene rings is 2. The number of hydrogen-bond donors (Lipinski definition) is 0. The number of carbonyl (C=O) groups is 1. The van der Waals surface area contributed by atoms with Gasteiger partial charge in [-0.05, 0) is 69.3 Å². The van der Waals surface area contributed by atoms with Gasteiger partial charge in [0, 0.05) is 23.0 Å². The number of carbonyl (C=O) groups excluding carboxylic acids is 1. The first-order chi connectivity index (χ1) is 12.1. The molecular weight excluding hydrogens is 374 g/mol. The third kappa shape index (κ3) is 4.99. The highest BCUT2D eigenvalue weighted by atomic mass is 35.5. The van der Waals surface area contributed by atoms with Gasteiger partial charge in [-0.1, -0.05) is 11.6 Å². The van der Waals surface area contributed by atoms with Crippen molar-refractivity contribution in [2.75, 3.05) is 11.2 Å². The second-order valence-electron chi connectivity index (χ2n) is 6.28. The number of nitrogens with zero attached hydrogens (tertiary/aromatic N) is 1.